The van der Waals surface area contributed by atoms with Crippen LogP contribution in [0.5, 0.6) is 0 Å². The summed E-state index contributed by atoms with van der Waals surface area (Å²) in [5, 5.41) is 11.1. The van der Waals surface area contributed by atoms with E-state index >= 15 is 0 Å². The van der Waals surface area contributed by atoms with E-state index in [0.717, 1.165) is 13.8 Å². The quantitative estimate of drug-likeness (QED) is 0.0986. The molecule has 230 valence electrons. The van der Waals surface area contributed by atoms with Crippen LogP contribution < -0.4 is 5.32 Å². The van der Waals surface area contributed by atoms with Crippen molar-refractivity contribution in [3.05, 3.63) is 0 Å². The Balaban J connectivity index is 2.56. The van der Waals surface area contributed by atoms with Gasteiger partial charge in [-0.25, -0.2) is 4.79 Å². The molecule has 5 atom stereocenters. The van der Waals surface area contributed by atoms with Crippen LogP contribution in [0, 0.1) is 0 Å². The summed E-state index contributed by atoms with van der Waals surface area (Å²) in [5.74, 6) is -3.54. The Morgan fingerprint density at radius 3 is 1.68 bits per heavy atom. The van der Waals surface area contributed by atoms with Crippen LogP contribution in [0.2, 0.25) is 0 Å². The van der Waals surface area contributed by atoms with Gasteiger partial charge in [0, 0.05) is 27.7 Å². The number of hydrogen-bond acceptors (Lipinski definition) is 14. The van der Waals surface area contributed by atoms with Crippen molar-refractivity contribution in [3.8, 4) is 0 Å². The molecule has 0 spiro atoms. The summed E-state index contributed by atoms with van der Waals surface area (Å²) in [5.41, 5.74) is 0. The second kappa shape index (κ2) is 20.1. The van der Waals surface area contributed by atoms with Gasteiger partial charge in [-0.1, -0.05) is 0 Å². The number of carboxylic acids is 1. The number of hydrogen-bond donors (Lipinski definition) is 2. The first-order valence-corrected chi connectivity index (χ1v) is 12.6. The topological polar surface area (TPSA) is 201 Å². The van der Waals surface area contributed by atoms with Crippen LogP contribution in [-0.2, 0) is 66.6 Å². The number of carboxylic acid groups (broad SMARTS) is 1. The first-order chi connectivity index (χ1) is 19.0. The van der Waals surface area contributed by atoms with Gasteiger partial charge < -0.3 is 53.1 Å². The Bertz CT molecular complexity index is 807. The van der Waals surface area contributed by atoms with Gasteiger partial charge in [-0.05, 0) is 0 Å². The molecule has 0 bridgehead atoms. The molecule has 0 saturated carbocycles. The van der Waals surface area contributed by atoms with Gasteiger partial charge in [-0.15, -0.1) is 0 Å². The normalized spacial score (nSPS) is 22.2. The predicted octanol–water partition coefficient (Wildman–Crippen LogP) is -1.19. The molecule has 2 N–H and O–H groups in total. The summed E-state index contributed by atoms with van der Waals surface area (Å²) in [7, 11) is 0. The standard InChI is InChI=1S/C24H39NO15/c1-15(26)25-21-23(39-18(4)29)22(38-17(3)28)19(13-37-16(2)27)40-24(21)36-12-11-34-8-7-32-5-6-33-9-10-35-14-20(30)31/h19,21-24H,5-14H2,1-4H3,(H,25,26)(H,30,31). The van der Waals surface area contributed by atoms with Gasteiger partial charge in [0.25, 0.3) is 0 Å². The average Bonchev–Trinajstić information content (AvgIpc) is 2.85. The fourth-order valence-electron chi connectivity index (χ4n) is 3.48. The lowest BCUT2D eigenvalue weighted by molar-refractivity contribution is -0.279. The van der Waals surface area contributed by atoms with E-state index in [1.807, 2.05) is 0 Å². The molecule has 5 unspecified atom stereocenters. The molecule has 1 aliphatic rings. The average molecular weight is 582 g/mol. The van der Waals surface area contributed by atoms with Crippen molar-refractivity contribution in [1.82, 2.24) is 5.32 Å². The lowest BCUT2D eigenvalue weighted by Gasteiger charge is -2.44. The monoisotopic (exact) mass is 581 g/mol. The van der Waals surface area contributed by atoms with Gasteiger partial charge in [0.05, 0.1) is 52.9 Å². The molecule has 1 amide bonds. The number of ether oxygens (including phenoxy) is 9. The van der Waals surface area contributed by atoms with Crippen molar-refractivity contribution in [2.45, 2.75) is 58.3 Å². The SMILES string of the molecule is CC(=O)NC1C(OCCOCCOCCOCCOCC(=O)O)OC(COC(C)=O)C(OC(C)=O)C1OC(C)=O. The number of carbonyl (C=O) groups excluding carboxylic acids is 4. The van der Waals surface area contributed by atoms with E-state index in [1.54, 1.807) is 0 Å². The molecule has 1 aliphatic heterocycles. The maximum atomic E-state index is 11.9. The predicted molar refractivity (Wildman–Crippen MR) is 131 cm³/mol. The minimum absolute atomic E-state index is 0.00547. The third-order valence-corrected chi connectivity index (χ3v) is 4.92. The zero-order valence-corrected chi connectivity index (χ0v) is 23.1. The van der Waals surface area contributed by atoms with Crippen molar-refractivity contribution in [2.24, 2.45) is 0 Å². The molecule has 0 aromatic carbocycles. The van der Waals surface area contributed by atoms with Gasteiger partial charge in [-0.3, -0.25) is 19.2 Å². The minimum Gasteiger partial charge on any atom is -0.480 e. The van der Waals surface area contributed by atoms with E-state index in [0.29, 0.717) is 13.2 Å². The van der Waals surface area contributed by atoms with E-state index < -0.39 is 60.4 Å². The van der Waals surface area contributed by atoms with E-state index in [9.17, 15) is 24.0 Å². The highest BCUT2D eigenvalue weighted by Crippen LogP contribution is 2.28. The Kier molecular flexibility index (Phi) is 17.6. The summed E-state index contributed by atoms with van der Waals surface area (Å²) < 4.78 is 48.3. The molecule has 16 heteroatoms. The second-order valence-electron chi connectivity index (χ2n) is 8.37. The molecular formula is C24H39NO15. The third-order valence-electron chi connectivity index (χ3n) is 4.92. The fraction of sp³-hybridized carbons (Fsp3) is 0.792. The van der Waals surface area contributed by atoms with Crippen molar-refractivity contribution in [1.29, 1.82) is 0 Å². The van der Waals surface area contributed by atoms with Gasteiger partial charge in [0.1, 0.15) is 25.4 Å². The highest BCUT2D eigenvalue weighted by Gasteiger charge is 2.51. The van der Waals surface area contributed by atoms with E-state index in [2.05, 4.69) is 5.32 Å². The maximum Gasteiger partial charge on any atom is 0.329 e. The lowest BCUT2D eigenvalue weighted by atomic mass is 9.96. The largest absolute Gasteiger partial charge is 0.480 e. The molecule has 1 saturated heterocycles. The highest BCUT2D eigenvalue weighted by atomic mass is 16.7. The van der Waals surface area contributed by atoms with Gasteiger partial charge in [0.2, 0.25) is 5.91 Å². The van der Waals surface area contributed by atoms with Crippen molar-refractivity contribution in [3.63, 3.8) is 0 Å². The zero-order chi connectivity index (χ0) is 29.9. The molecule has 1 rings (SSSR count). The van der Waals surface area contributed by atoms with Crippen LogP contribution in [0.25, 0.3) is 0 Å². The molecule has 0 aliphatic carbocycles. The van der Waals surface area contributed by atoms with Crippen LogP contribution in [0.15, 0.2) is 0 Å². The fourth-order valence-corrected chi connectivity index (χ4v) is 3.48. The zero-order valence-electron chi connectivity index (χ0n) is 23.1. The number of esters is 3. The van der Waals surface area contributed by atoms with Crippen LogP contribution in [-0.4, -0.2) is 132 Å². The number of amides is 1. The summed E-state index contributed by atoms with van der Waals surface area (Å²) in [6, 6.07) is -1.06. The minimum atomic E-state index is -1.20. The third kappa shape index (κ3) is 15.6. The number of nitrogens with one attached hydrogen (secondary N) is 1. The molecule has 1 fully saturated rings. The number of aliphatic carboxylic acids is 1. The first kappa shape index (κ1) is 35.1. The van der Waals surface area contributed by atoms with E-state index in [-0.39, 0.29) is 52.9 Å². The number of carbonyl (C=O) groups is 5. The van der Waals surface area contributed by atoms with Crippen molar-refractivity contribution >= 4 is 29.8 Å². The number of rotatable bonds is 20. The molecule has 0 aromatic rings. The van der Waals surface area contributed by atoms with Crippen LogP contribution in [0.4, 0.5) is 0 Å². The van der Waals surface area contributed by atoms with E-state index in [4.69, 9.17) is 47.7 Å². The van der Waals surface area contributed by atoms with E-state index in [1.165, 1.54) is 13.8 Å². The molecule has 40 heavy (non-hydrogen) atoms. The maximum absolute atomic E-state index is 11.9. The second-order valence-corrected chi connectivity index (χ2v) is 8.37. The summed E-state index contributed by atoms with van der Waals surface area (Å²) in [6.07, 6.45) is -4.64. The molecule has 16 nitrogen and oxygen atoms in total. The summed E-state index contributed by atoms with van der Waals surface area (Å²) in [4.78, 5) is 57.2. The van der Waals surface area contributed by atoms with Crippen molar-refractivity contribution < 1.29 is 71.7 Å². The Labute approximate surface area is 231 Å². The highest BCUT2D eigenvalue weighted by molar-refractivity contribution is 5.73. The lowest BCUT2D eigenvalue weighted by Crippen LogP contribution is -2.66. The summed E-state index contributed by atoms with van der Waals surface area (Å²) in [6.45, 7) is 5.69. The Morgan fingerprint density at radius 2 is 1.20 bits per heavy atom. The molecule has 0 aromatic heterocycles. The summed E-state index contributed by atoms with van der Waals surface area (Å²) >= 11 is 0. The molecular weight excluding hydrogens is 542 g/mol. The molecule has 0 radical (unpaired) electrons. The Hall–Kier alpha value is -2.89. The van der Waals surface area contributed by atoms with Crippen molar-refractivity contribution in [2.75, 3.05) is 66.1 Å². The Morgan fingerprint density at radius 1 is 0.700 bits per heavy atom. The van der Waals surface area contributed by atoms with Crippen LogP contribution >= 0.6 is 0 Å². The smallest absolute Gasteiger partial charge is 0.329 e. The first-order valence-electron chi connectivity index (χ1n) is 12.6. The molecule has 1 heterocycles. The van der Waals surface area contributed by atoms with Gasteiger partial charge >= 0.3 is 23.9 Å². The van der Waals surface area contributed by atoms with Crippen LogP contribution in [0.1, 0.15) is 27.7 Å². The van der Waals surface area contributed by atoms with Crippen LogP contribution in [0.3, 0.4) is 0 Å². The van der Waals surface area contributed by atoms with Gasteiger partial charge in [0.15, 0.2) is 18.5 Å². The van der Waals surface area contributed by atoms with Gasteiger partial charge in [-0.2, -0.15) is 0 Å².